The van der Waals surface area contributed by atoms with E-state index in [-0.39, 0.29) is 22.0 Å². The predicted octanol–water partition coefficient (Wildman–Crippen LogP) is 5.18. The molecule has 0 fully saturated rings. The van der Waals surface area contributed by atoms with Gasteiger partial charge in [-0.25, -0.2) is 4.79 Å². The molecule has 0 saturated carbocycles. The highest BCUT2D eigenvalue weighted by atomic mass is 16.5. The number of esters is 1. The van der Waals surface area contributed by atoms with Crippen molar-refractivity contribution in [3.05, 3.63) is 99.2 Å². The summed E-state index contributed by atoms with van der Waals surface area (Å²) in [6.45, 7) is 5.03. The summed E-state index contributed by atoms with van der Waals surface area (Å²) < 4.78 is 11.3. The van der Waals surface area contributed by atoms with E-state index in [1.807, 2.05) is 62.4 Å². The normalized spacial score (nSPS) is 10.8. The van der Waals surface area contributed by atoms with E-state index in [1.54, 1.807) is 19.1 Å². The van der Waals surface area contributed by atoms with Crippen LogP contribution >= 0.6 is 0 Å². The molecule has 0 bridgehead atoms. The van der Waals surface area contributed by atoms with Gasteiger partial charge in [-0.05, 0) is 50.1 Å². The van der Waals surface area contributed by atoms with Gasteiger partial charge < -0.3 is 14.5 Å². The molecule has 6 heteroatoms. The minimum Gasteiger partial charge on any atom is -0.455 e. The first-order valence-corrected chi connectivity index (χ1v) is 10.5. The smallest absolute Gasteiger partial charge is 0.342 e. The van der Waals surface area contributed by atoms with Crippen LogP contribution in [0.2, 0.25) is 0 Å². The Morgan fingerprint density at radius 1 is 0.939 bits per heavy atom. The zero-order valence-corrected chi connectivity index (χ0v) is 18.6. The second-order valence-corrected chi connectivity index (χ2v) is 7.88. The van der Waals surface area contributed by atoms with Crippen molar-refractivity contribution in [2.24, 2.45) is 0 Å². The average Bonchev–Trinajstić information content (AvgIpc) is 2.82. The van der Waals surface area contributed by atoms with Gasteiger partial charge in [0.05, 0.1) is 5.39 Å². The van der Waals surface area contributed by atoms with Gasteiger partial charge in [0, 0.05) is 16.8 Å². The number of nitrogens with one attached hydrogen (secondary N) is 1. The molecule has 0 aliphatic heterocycles. The van der Waals surface area contributed by atoms with Crippen LogP contribution in [-0.2, 0) is 9.53 Å². The van der Waals surface area contributed by atoms with Crippen LogP contribution in [0, 0.1) is 20.8 Å². The van der Waals surface area contributed by atoms with Gasteiger partial charge in [-0.3, -0.25) is 9.59 Å². The molecular formula is C27H23NO5. The van der Waals surface area contributed by atoms with Crippen LogP contribution in [0.4, 0.5) is 5.69 Å². The van der Waals surface area contributed by atoms with Gasteiger partial charge in [-0.2, -0.15) is 0 Å². The fourth-order valence-electron chi connectivity index (χ4n) is 3.60. The van der Waals surface area contributed by atoms with E-state index >= 15 is 0 Å². The Bertz CT molecular complexity index is 1420. The first-order valence-electron chi connectivity index (χ1n) is 10.5. The summed E-state index contributed by atoms with van der Waals surface area (Å²) in [4.78, 5) is 38.1. The van der Waals surface area contributed by atoms with E-state index < -0.39 is 18.5 Å². The molecular weight excluding hydrogens is 418 g/mol. The van der Waals surface area contributed by atoms with Crippen LogP contribution in [0.15, 0.2) is 75.9 Å². The molecule has 1 heterocycles. The molecule has 0 saturated heterocycles. The zero-order chi connectivity index (χ0) is 23.5. The van der Waals surface area contributed by atoms with E-state index in [0.29, 0.717) is 17.0 Å². The number of rotatable bonds is 5. The van der Waals surface area contributed by atoms with Gasteiger partial charge in [-0.1, -0.05) is 48.5 Å². The molecule has 33 heavy (non-hydrogen) atoms. The van der Waals surface area contributed by atoms with Crippen molar-refractivity contribution >= 4 is 28.5 Å². The van der Waals surface area contributed by atoms with Crippen LogP contribution < -0.4 is 10.7 Å². The molecule has 0 aliphatic rings. The summed E-state index contributed by atoms with van der Waals surface area (Å²) in [6, 6.07) is 19.6. The average molecular weight is 441 g/mol. The molecule has 0 atom stereocenters. The highest BCUT2D eigenvalue weighted by Gasteiger charge is 2.20. The largest absolute Gasteiger partial charge is 0.455 e. The van der Waals surface area contributed by atoms with Crippen LogP contribution in [0.1, 0.15) is 27.0 Å². The van der Waals surface area contributed by atoms with Crippen molar-refractivity contribution in [1.29, 1.82) is 0 Å². The number of aryl methyl sites for hydroxylation is 2. The Labute approximate surface area is 190 Å². The maximum absolute atomic E-state index is 12.9. The molecule has 0 unspecified atom stereocenters. The van der Waals surface area contributed by atoms with Gasteiger partial charge >= 0.3 is 5.97 Å². The molecule has 1 aromatic heterocycles. The van der Waals surface area contributed by atoms with Crippen LogP contribution in [0.25, 0.3) is 22.3 Å². The summed E-state index contributed by atoms with van der Waals surface area (Å²) in [6.07, 6.45) is 0. The fourth-order valence-corrected chi connectivity index (χ4v) is 3.60. The molecule has 3 aromatic carbocycles. The van der Waals surface area contributed by atoms with Gasteiger partial charge in [0.25, 0.3) is 5.91 Å². The van der Waals surface area contributed by atoms with E-state index in [4.69, 9.17) is 9.15 Å². The number of anilines is 1. The molecule has 4 rings (SSSR count). The van der Waals surface area contributed by atoms with Crippen molar-refractivity contribution in [3.8, 4) is 11.3 Å². The number of benzene rings is 3. The lowest BCUT2D eigenvalue weighted by atomic mass is 10.0. The first kappa shape index (κ1) is 22.0. The monoisotopic (exact) mass is 441 g/mol. The van der Waals surface area contributed by atoms with Gasteiger partial charge in [0.1, 0.15) is 11.3 Å². The number of fused-ring (bicyclic) bond motifs is 1. The first-order chi connectivity index (χ1) is 15.8. The van der Waals surface area contributed by atoms with E-state index in [0.717, 1.165) is 16.7 Å². The Kier molecular flexibility index (Phi) is 6.09. The van der Waals surface area contributed by atoms with Gasteiger partial charge in [0.2, 0.25) is 0 Å². The Hall–Kier alpha value is -4.19. The number of hydrogen-bond donors (Lipinski definition) is 1. The molecule has 0 radical (unpaired) electrons. The summed E-state index contributed by atoms with van der Waals surface area (Å²) in [5.74, 6) is -0.816. The van der Waals surface area contributed by atoms with Crippen molar-refractivity contribution in [3.63, 3.8) is 0 Å². The standard InChI is InChI=1S/C27H23NO5/c1-16-12-13-17(2)22(14-16)28-23(29)15-32-27(31)21-11-7-10-20-24(30)18(3)25(33-26(20)21)19-8-5-4-6-9-19/h4-14H,15H2,1-3H3,(H,28,29). The molecule has 166 valence electrons. The fraction of sp³-hybridized carbons (Fsp3) is 0.148. The van der Waals surface area contributed by atoms with Gasteiger partial charge in [-0.15, -0.1) is 0 Å². The molecule has 6 nitrogen and oxygen atoms in total. The van der Waals surface area contributed by atoms with Gasteiger partial charge in [0.15, 0.2) is 17.6 Å². The molecule has 4 aromatic rings. The topological polar surface area (TPSA) is 85.6 Å². The van der Waals surface area contributed by atoms with Crippen LogP contribution in [0.5, 0.6) is 0 Å². The third-order valence-corrected chi connectivity index (χ3v) is 5.40. The van der Waals surface area contributed by atoms with E-state index in [9.17, 15) is 14.4 Å². The van der Waals surface area contributed by atoms with E-state index in [2.05, 4.69) is 5.32 Å². The Balaban J connectivity index is 1.60. The Morgan fingerprint density at radius 3 is 2.45 bits per heavy atom. The SMILES string of the molecule is Cc1ccc(C)c(NC(=O)COC(=O)c2cccc3c(=O)c(C)c(-c4ccccc4)oc23)c1. The highest BCUT2D eigenvalue weighted by Crippen LogP contribution is 2.27. The van der Waals surface area contributed by atoms with Crippen molar-refractivity contribution in [1.82, 2.24) is 0 Å². The van der Waals surface area contributed by atoms with Crippen LogP contribution in [-0.4, -0.2) is 18.5 Å². The maximum atomic E-state index is 12.9. The number of amides is 1. The predicted molar refractivity (Wildman–Crippen MR) is 127 cm³/mol. The summed E-state index contributed by atoms with van der Waals surface area (Å²) in [7, 11) is 0. The lowest BCUT2D eigenvalue weighted by Gasteiger charge is -2.11. The van der Waals surface area contributed by atoms with Crippen molar-refractivity contribution in [2.75, 3.05) is 11.9 Å². The summed E-state index contributed by atoms with van der Waals surface area (Å²) in [5, 5.41) is 3.03. The Morgan fingerprint density at radius 2 is 1.70 bits per heavy atom. The quantitative estimate of drug-likeness (QED) is 0.431. The summed E-state index contributed by atoms with van der Waals surface area (Å²) >= 11 is 0. The third-order valence-electron chi connectivity index (χ3n) is 5.40. The minimum atomic E-state index is -0.747. The number of para-hydroxylation sites is 1. The third kappa shape index (κ3) is 4.55. The number of carbonyl (C=O) groups is 2. The molecule has 0 aliphatic carbocycles. The van der Waals surface area contributed by atoms with Crippen molar-refractivity contribution in [2.45, 2.75) is 20.8 Å². The molecule has 0 spiro atoms. The summed E-state index contributed by atoms with van der Waals surface area (Å²) in [5.41, 5.74) is 3.74. The van der Waals surface area contributed by atoms with Crippen LogP contribution in [0.3, 0.4) is 0 Å². The highest BCUT2D eigenvalue weighted by molar-refractivity contribution is 6.03. The number of ether oxygens (including phenoxy) is 1. The molecule has 1 amide bonds. The minimum absolute atomic E-state index is 0.0846. The second-order valence-electron chi connectivity index (χ2n) is 7.88. The number of carbonyl (C=O) groups excluding carboxylic acids is 2. The number of hydrogen-bond acceptors (Lipinski definition) is 5. The lowest BCUT2D eigenvalue weighted by Crippen LogP contribution is -2.21. The van der Waals surface area contributed by atoms with Crippen molar-refractivity contribution < 1.29 is 18.7 Å². The molecule has 1 N–H and O–H groups in total. The maximum Gasteiger partial charge on any atom is 0.342 e. The zero-order valence-electron chi connectivity index (χ0n) is 18.6. The second kappa shape index (κ2) is 9.12. The lowest BCUT2D eigenvalue weighted by molar-refractivity contribution is -0.119. The van der Waals surface area contributed by atoms with E-state index in [1.165, 1.54) is 6.07 Å².